The molecule has 1 aromatic carbocycles. The van der Waals surface area contributed by atoms with Gasteiger partial charge < -0.3 is 10.1 Å². The van der Waals surface area contributed by atoms with Crippen molar-refractivity contribution in [1.29, 1.82) is 5.26 Å². The molecule has 0 heterocycles. The SMILES string of the molecule is C=CCC(C)NCc1cc(C#N)ccc1OC. The third-order valence-corrected chi connectivity index (χ3v) is 2.57. The Morgan fingerprint density at radius 2 is 2.35 bits per heavy atom. The highest BCUT2D eigenvalue weighted by Gasteiger charge is 2.06. The molecule has 0 aliphatic carbocycles. The van der Waals surface area contributed by atoms with Crippen molar-refractivity contribution < 1.29 is 4.74 Å². The van der Waals surface area contributed by atoms with Crippen LogP contribution in [-0.2, 0) is 6.54 Å². The van der Waals surface area contributed by atoms with Crippen molar-refractivity contribution in [3.63, 3.8) is 0 Å². The average Bonchev–Trinajstić information content (AvgIpc) is 2.36. The van der Waals surface area contributed by atoms with E-state index < -0.39 is 0 Å². The second-order valence-corrected chi connectivity index (χ2v) is 3.94. The molecule has 1 atom stereocenters. The lowest BCUT2D eigenvalue weighted by Gasteiger charge is -2.14. The van der Waals surface area contributed by atoms with Crippen LogP contribution < -0.4 is 10.1 Å². The van der Waals surface area contributed by atoms with Crippen molar-refractivity contribution in [2.24, 2.45) is 0 Å². The first kappa shape index (κ1) is 13.3. The van der Waals surface area contributed by atoms with Gasteiger partial charge in [0.1, 0.15) is 5.75 Å². The molecule has 1 aromatic rings. The van der Waals surface area contributed by atoms with Crippen LogP contribution in [-0.4, -0.2) is 13.2 Å². The molecule has 1 unspecified atom stereocenters. The first-order chi connectivity index (χ1) is 8.21. The van der Waals surface area contributed by atoms with E-state index in [2.05, 4.69) is 24.9 Å². The van der Waals surface area contributed by atoms with E-state index in [9.17, 15) is 0 Å². The van der Waals surface area contributed by atoms with Crippen molar-refractivity contribution in [2.45, 2.75) is 25.9 Å². The minimum absolute atomic E-state index is 0.364. The summed E-state index contributed by atoms with van der Waals surface area (Å²) < 4.78 is 5.27. The minimum Gasteiger partial charge on any atom is -0.496 e. The van der Waals surface area contributed by atoms with Crippen LogP contribution in [0.25, 0.3) is 0 Å². The maximum Gasteiger partial charge on any atom is 0.123 e. The molecule has 1 rings (SSSR count). The zero-order valence-corrected chi connectivity index (χ0v) is 10.4. The van der Waals surface area contributed by atoms with E-state index in [1.165, 1.54) is 0 Å². The molecule has 3 heteroatoms. The van der Waals surface area contributed by atoms with E-state index in [-0.39, 0.29) is 0 Å². The number of nitriles is 1. The molecule has 0 aliphatic rings. The number of benzene rings is 1. The molecule has 0 saturated carbocycles. The lowest BCUT2D eigenvalue weighted by molar-refractivity contribution is 0.405. The highest BCUT2D eigenvalue weighted by Crippen LogP contribution is 2.19. The molecule has 0 aliphatic heterocycles. The van der Waals surface area contributed by atoms with Crippen LogP contribution in [0.15, 0.2) is 30.9 Å². The average molecular weight is 230 g/mol. The first-order valence-corrected chi connectivity index (χ1v) is 5.62. The van der Waals surface area contributed by atoms with E-state index in [0.717, 1.165) is 17.7 Å². The standard InChI is InChI=1S/C14H18N2O/c1-4-5-11(2)16-10-13-8-12(9-15)6-7-14(13)17-3/h4,6-8,11,16H,1,5,10H2,2-3H3. The van der Waals surface area contributed by atoms with E-state index in [4.69, 9.17) is 10.00 Å². The van der Waals surface area contributed by atoms with Crippen molar-refractivity contribution in [3.8, 4) is 11.8 Å². The van der Waals surface area contributed by atoms with Crippen LogP contribution >= 0.6 is 0 Å². The Morgan fingerprint density at radius 3 is 2.94 bits per heavy atom. The molecule has 90 valence electrons. The summed E-state index contributed by atoms with van der Waals surface area (Å²) in [7, 11) is 1.64. The molecule has 0 saturated heterocycles. The van der Waals surface area contributed by atoms with Crippen molar-refractivity contribution >= 4 is 0 Å². The minimum atomic E-state index is 0.364. The van der Waals surface area contributed by atoms with Gasteiger partial charge in [0.25, 0.3) is 0 Å². The van der Waals surface area contributed by atoms with Gasteiger partial charge in [-0.2, -0.15) is 5.26 Å². The Labute approximate surface area is 103 Å². The molecular formula is C14H18N2O. The second kappa shape index (κ2) is 6.72. The summed E-state index contributed by atoms with van der Waals surface area (Å²) in [5, 5.41) is 12.2. The molecule has 0 fully saturated rings. The van der Waals surface area contributed by atoms with E-state index in [0.29, 0.717) is 18.2 Å². The molecule has 0 amide bonds. The second-order valence-electron chi connectivity index (χ2n) is 3.94. The fourth-order valence-electron chi connectivity index (χ4n) is 1.60. The summed E-state index contributed by atoms with van der Waals surface area (Å²) in [6.07, 6.45) is 2.81. The fraction of sp³-hybridized carbons (Fsp3) is 0.357. The Bertz CT molecular complexity index is 421. The number of methoxy groups -OCH3 is 1. The lowest BCUT2D eigenvalue weighted by Crippen LogP contribution is -2.24. The predicted molar refractivity (Wildman–Crippen MR) is 68.8 cm³/mol. The van der Waals surface area contributed by atoms with Gasteiger partial charge in [0.15, 0.2) is 0 Å². The summed E-state index contributed by atoms with van der Waals surface area (Å²) >= 11 is 0. The zero-order valence-electron chi connectivity index (χ0n) is 10.4. The monoisotopic (exact) mass is 230 g/mol. The molecule has 1 N–H and O–H groups in total. The number of rotatable bonds is 6. The van der Waals surface area contributed by atoms with Crippen LogP contribution in [0, 0.1) is 11.3 Å². The summed E-state index contributed by atoms with van der Waals surface area (Å²) in [4.78, 5) is 0. The van der Waals surface area contributed by atoms with Gasteiger partial charge in [-0.1, -0.05) is 6.08 Å². The molecule has 0 radical (unpaired) electrons. The molecule has 0 bridgehead atoms. The molecule has 3 nitrogen and oxygen atoms in total. The Kier molecular flexibility index (Phi) is 5.25. The smallest absolute Gasteiger partial charge is 0.123 e. The third-order valence-electron chi connectivity index (χ3n) is 2.57. The number of ether oxygens (including phenoxy) is 1. The van der Waals surface area contributed by atoms with E-state index in [1.54, 1.807) is 13.2 Å². The maximum atomic E-state index is 8.86. The van der Waals surface area contributed by atoms with Gasteiger partial charge in [0.2, 0.25) is 0 Å². The van der Waals surface area contributed by atoms with Gasteiger partial charge in [-0.05, 0) is 31.5 Å². The number of hydrogen-bond donors (Lipinski definition) is 1. The molecule has 0 spiro atoms. The Morgan fingerprint density at radius 1 is 1.59 bits per heavy atom. The Balaban J connectivity index is 2.74. The quantitative estimate of drug-likeness (QED) is 0.764. The van der Waals surface area contributed by atoms with Crippen molar-refractivity contribution in [3.05, 3.63) is 42.0 Å². The van der Waals surface area contributed by atoms with E-state index in [1.807, 2.05) is 18.2 Å². The summed E-state index contributed by atoms with van der Waals surface area (Å²) in [5.41, 5.74) is 1.65. The number of nitrogens with one attached hydrogen (secondary N) is 1. The van der Waals surface area contributed by atoms with Crippen molar-refractivity contribution in [1.82, 2.24) is 5.32 Å². The number of nitrogens with zero attached hydrogens (tertiary/aromatic N) is 1. The molecule has 17 heavy (non-hydrogen) atoms. The first-order valence-electron chi connectivity index (χ1n) is 5.62. The Hall–Kier alpha value is -1.79. The topological polar surface area (TPSA) is 45.0 Å². The highest BCUT2D eigenvalue weighted by molar-refractivity contribution is 5.42. The summed E-state index contributed by atoms with van der Waals surface area (Å²) in [6, 6.07) is 7.94. The largest absolute Gasteiger partial charge is 0.496 e. The predicted octanol–water partition coefficient (Wildman–Crippen LogP) is 2.62. The van der Waals surface area contributed by atoms with Gasteiger partial charge >= 0.3 is 0 Å². The van der Waals surface area contributed by atoms with E-state index >= 15 is 0 Å². The van der Waals surface area contributed by atoms with Gasteiger partial charge in [0.05, 0.1) is 18.7 Å². The normalized spacial score (nSPS) is 11.6. The van der Waals surface area contributed by atoms with Crippen LogP contribution in [0.3, 0.4) is 0 Å². The van der Waals surface area contributed by atoms with Crippen LogP contribution in [0.1, 0.15) is 24.5 Å². The third kappa shape index (κ3) is 3.93. The summed E-state index contributed by atoms with van der Waals surface area (Å²) in [5.74, 6) is 0.808. The van der Waals surface area contributed by atoms with Gasteiger partial charge in [-0.25, -0.2) is 0 Å². The number of hydrogen-bond acceptors (Lipinski definition) is 3. The van der Waals surface area contributed by atoms with Crippen molar-refractivity contribution in [2.75, 3.05) is 7.11 Å². The summed E-state index contributed by atoms with van der Waals surface area (Å²) in [6.45, 7) is 6.50. The molecule has 0 aromatic heterocycles. The van der Waals surface area contributed by atoms with Crippen LogP contribution in [0.5, 0.6) is 5.75 Å². The van der Waals surface area contributed by atoms with Gasteiger partial charge in [-0.3, -0.25) is 0 Å². The van der Waals surface area contributed by atoms with Gasteiger partial charge in [-0.15, -0.1) is 6.58 Å². The fourth-order valence-corrected chi connectivity index (χ4v) is 1.60. The molecular weight excluding hydrogens is 212 g/mol. The van der Waals surface area contributed by atoms with Gasteiger partial charge in [0, 0.05) is 18.2 Å². The zero-order chi connectivity index (χ0) is 12.7. The van der Waals surface area contributed by atoms with Crippen LogP contribution in [0.2, 0.25) is 0 Å². The highest BCUT2D eigenvalue weighted by atomic mass is 16.5. The maximum absolute atomic E-state index is 8.86. The van der Waals surface area contributed by atoms with Crippen LogP contribution in [0.4, 0.5) is 0 Å². The lowest BCUT2D eigenvalue weighted by atomic mass is 10.1.